The summed E-state index contributed by atoms with van der Waals surface area (Å²) in [5.74, 6) is -2.67. The van der Waals surface area contributed by atoms with Crippen LogP contribution in [0.15, 0.2) is 0 Å². The summed E-state index contributed by atoms with van der Waals surface area (Å²) in [5.41, 5.74) is 0. The maximum Gasteiger partial charge on any atom is 0.326 e. The number of nitrogens with one attached hydrogen (secondary N) is 2. The van der Waals surface area contributed by atoms with E-state index in [1.54, 1.807) is 0 Å². The monoisotopic (exact) mass is 290 g/mol. The summed E-state index contributed by atoms with van der Waals surface area (Å²) < 4.78 is 5.28. The van der Waals surface area contributed by atoms with Crippen molar-refractivity contribution in [1.29, 1.82) is 0 Å². The van der Waals surface area contributed by atoms with Crippen LogP contribution in [0, 0.1) is 0 Å². The minimum Gasteiger partial charge on any atom is -0.481 e. The number of aliphatic carboxylic acids is 2. The third-order valence-electron chi connectivity index (χ3n) is 2.38. The summed E-state index contributed by atoms with van der Waals surface area (Å²) in [6.07, 6.45) is 1.99. The van der Waals surface area contributed by atoms with E-state index < -0.39 is 30.4 Å². The number of carboxylic acids is 2. The van der Waals surface area contributed by atoms with Crippen LogP contribution in [0.1, 0.15) is 32.6 Å². The zero-order valence-electron chi connectivity index (χ0n) is 11.6. The van der Waals surface area contributed by atoms with Crippen LogP contribution in [0.3, 0.4) is 0 Å². The fourth-order valence-corrected chi connectivity index (χ4v) is 1.31. The first-order valence-electron chi connectivity index (χ1n) is 6.54. The van der Waals surface area contributed by atoms with Gasteiger partial charge in [0.05, 0.1) is 6.42 Å². The Morgan fingerprint density at radius 1 is 1.15 bits per heavy atom. The minimum absolute atomic E-state index is 0.331. The van der Waals surface area contributed by atoms with Crippen LogP contribution in [0.2, 0.25) is 0 Å². The van der Waals surface area contributed by atoms with Gasteiger partial charge in [-0.3, -0.25) is 4.79 Å². The van der Waals surface area contributed by atoms with Gasteiger partial charge in [0.1, 0.15) is 6.04 Å². The Bertz CT molecular complexity index is 321. The van der Waals surface area contributed by atoms with E-state index in [4.69, 9.17) is 14.9 Å². The standard InChI is InChI=1S/C12H22N2O6/c1-2-3-6-20-7-4-5-13-12(19)14-9(11(17)18)8-10(15)16/h9H,2-8H2,1H3,(H,15,16)(H,17,18)(H2,13,14,19)/t9-/m0/s1. The highest BCUT2D eigenvalue weighted by Gasteiger charge is 2.22. The molecule has 0 aromatic rings. The second kappa shape index (κ2) is 11.0. The molecule has 20 heavy (non-hydrogen) atoms. The van der Waals surface area contributed by atoms with Crippen molar-refractivity contribution in [3.8, 4) is 0 Å². The molecule has 8 heteroatoms. The zero-order chi connectivity index (χ0) is 15.4. The predicted octanol–water partition coefficient (Wildman–Crippen LogP) is 0.420. The SMILES string of the molecule is CCCCOCCCNC(=O)N[C@@H](CC(=O)O)C(=O)O. The highest BCUT2D eigenvalue weighted by molar-refractivity contribution is 5.86. The van der Waals surface area contributed by atoms with E-state index in [-0.39, 0.29) is 0 Å². The molecule has 0 aliphatic rings. The topological polar surface area (TPSA) is 125 Å². The van der Waals surface area contributed by atoms with Crippen molar-refractivity contribution in [3.05, 3.63) is 0 Å². The number of amides is 2. The molecule has 0 aromatic carbocycles. The normalized spacial score (nSPS) is 11.7. The molecule has 0 saturated carbocycles. The molecule has 1 atom stereocenters. The van der Waals surface area contributed by atoms with Gasteiger partial charge >= 0.3 is 18.0 Å². The number of carboxylic acid groups (broad SMARTS) is 2. The molecule has 0 bridgehead atoms. The summed E-state index contributed by atoms with van der Waals surface area (Å²) in [6.45, 7) is 3.59. The van der Waals surface area contributed by atoms with Crippen molar-refractivity contribution in [2.24, 2.45) is 0 Å². The Morgan fingerprint density at radius 2 is 1.80 bits per heavy atom. The molecule has 0 aromatic heterocycles. The largest absolute Gasteiger partial charge is 0.481 e. The van der Waals surface area contributed by atoms with Gasteiger partial charge in [-0.05, 0) is 12.8 Å². The van der Waals surface area contributed by atoms with Gasteiger partial charge in [-0.15, -0.1) is 0 Å². The van der Waals surface area contributed by atoms with Crippen molar-refractivity contribution < 1.29 is 29.3 Å². The number of carbonyl (C=O) groups is 3. The Morgan fingerprint density at radius 3 is 2.35 bits per heavy atom. The van der Waals surface area contributed by atoms with Crippen molar-refractivity contribution >= 4 is 18.0 Å². The van der Waals surface area contributed by atoms with Gasteiger partial charge in [-0.25, -0.2) is 9.59 Å². The molecule has 2 amide bonds. The quantitative estimate of drug-likeness (QED) is 0.409. The first-order valence-corrected chi connectivity index (χ1v) is 6.54. The van der Waals surface area contributed by atoms with Crippen LogP contribution in [-0.2, 0) is 14.3 Å². The Balaban J connectivity index is 3.75. The molecule has 116 valence electrons. The van der Waals surface area contributed by atoms with Crippen molar-refractivity contribution in [1.82, 2.24) is 10.6 Å². The average Bonchev–Trinajstić information content (AvgIpc) is 2.36. The van der Waals surface area contributed by atoms with Crippen LogP contribution in [-0.4, -0.2) is 54.0 Å². The summed E-state index contributed by atoms with van der Waals surface area (Å²) in [6, 6.07) is -2.14. The second-order valence-corrected chi connectivity index (χ2v) is 4.21. The molecule has 4 N–H and O–H groups in total. The molecule has 0 aliphatic heterocycles. The van der Waals surface area contributed by atoms with E-state index in [0.29, 0.717) is 26.2 Å². The Kier molecular flexibility index (Phi) is 10.0. The van der Waals surface area contributed by atoms with Gasteiger partial charge in [0.25, 0.3) is 0 Å². The third kappa shape index (κ3) is 10.1. The van der Waals surface area contributed by atoms with E-state index in [1.165, 1.54) is 0 Å². The van der Waals surface area contributed by atoms with Crippen LogP contribution in [0.5, 0.6) is 0 Å². The lowest BCUT2D eigenvalue weighted by Gasteiger charge is -2.13. The minimum atomic E-state index is -1.44. The highest BCUT2D eigenvalue weighted by Crippen LogP contribution is 1.93. The second-order valence-electron chi connectivity index (χ2n) is 4.21. The molecular weight excluding hydrogens is 268 g/mol. The van der Waals surface area contributed by atoms with Gasteiger partial charge in [0, 0.05) is 19.8 Å². The maximum atomic E-state index is 11.4. The molecule has 0 rings (SSSR count). The third-order valence-corrected chi connectivity index (χ3v) is 2.38. The average molecular weight is 290 g/mol. The van der Waals surface area contributed by atoms with E-state index in [0.717, 1.165) is 12.8 Å². The van der Waals surface area contributed by atoms with Crippen molar-refractivity contribution in [2.45, 2.75) is 38.6 Å². The van der Waals surface area contributed by atoms with E-state index >= 15 is 0 Å². The smallest absolute Gasteiger partial charge is 0.326 e. The first kappa shape index (κ1) is 18.2. The number of ether oxygens (including phenoxy) is 1. The van der Waals surface area contributed by atoms with E-state index in [9.17, 15) is 14.4 Å². The van der Waals surface area contributed by atoms with Gasteiger partial charge in [0.2, 0.25) is 0 Å². The van der Waals surface area contributed by atoms with Gasteiger partial charge in [0.15, 0.2) is 0 Å². The van der Waals surface area contributed by atoms with Crippen LogP contribution >= 0.6 is 0 Å². The number of rotatable bonds is 11. The van der Waals surface area contributed by atoms with E-state index in [2.05, 4.69) is 17.6 Å². The number of urea groups is 1. The predicted molar refractivity (Wildman–Crippen MR) is 70.6 cm³/mol. The lowest BCUT2D eigenvalue weighted by molar-refractivity contribution is -0.145. The fraction of sp³-hybridized carbons (Fsp3) is 0.750. The summed E-state index contributed by atoms with van der Waals surface area (Å²) in [4.78, 5) is 32.5. The van der Waals surface area contributed by atoms with Crippen LogP contribution in [0.4, 0.5) is 4.79 Å². The van der Waals surface area contributed by atoms with Crippen molar-refractivity contribution in [3.63, 3.8) is 0 Å². The molecule has 0 saturated heterocycles. The van der Waals surface area contributed by atoms with Crippen LogP contribution < -0.4 is 10.6 Å². The van der Waals surface area contributed by atoms with Gasteiger partial charge < -0.3 is 25.6 Å². The number of hydrogen-bond acceptors (Lipinski definition) is 4. The molecule has 0 aliphatic carbocycles. The number of carbonyl (C=O) groups excluding carboxylic acids is 1. The lowest BCUT2D eigenvalue weighted by atomic mass is 10.2. The van der Waals surface area contributed by atoms with Gasteiger partial charge in [-0.2, -0.15) is 0 Å². The Hall–Kier alpha value is -1.83. The molecule has 0 fully saturated rings. The zero-order valence-corrected chi connectivity index (χ0v) is 11.6. The Labute approximate surface area is 117 Å². The first-order chi connectivity index (χ1) is 9.47. The number of hydrogen-bond donors (Lipinski definition) is 4. The molecular formula is C12H22N2O6. The van der Waals surface area contributed by atoms with Crippen molar-refractivity contribution in [2.75, 3.05) is 19.8 Å². The molecule has 0 heterocycles. The molecule has 0 spiro atoms. The summed E-state index contributed by atoms with van der Waals surface area (Å²) in [7, 11) is 0. The summed E-state index contributed by atoms with van der Waals surface area (Å²) >= 11 is 0. The maximum absolute atomic E-state index is 11.4. The number of unbranched alkanes of at least 4 members (excludes halogenated alkanes) is 1. The summed E-state index contributed by atoms with van der Waals surface area (Å²) in [5, 5.41) is 21.8. The molecule has 0 unspecified atom stereocenters. The fourth-order valence-electron chi connectivity index (χ4n) is 1.31. The molecule has 8 nitrogen and oxygen atoms in total. The van der Waals surface area contributed by atoms with E-state index in [1.807, 2.05) is 0 Å². The van der Waals surface area contributed by atoms with Gasteiger partial charge in [-0.1, -0.05) is 13.3 Å². The van der Waals surface area contributed by atoms with Crippen LogP contribution in [0.25, 0.3) is 0 Å². The lowest BCUT2D eigenvalue weighted by Crippen LogP contribution is -2.47. The molecule has 0 radical (unpaired) electrons. The highest BCUT2D eigenvalue weighted by atomic mass is 16.5.